The Balaban J connectivity index is 2.31. The Bertz CT molecular complexity index is 392. The second kappa shape index (κ2) is 7.32. The zero-order valence-electron chi connectivity index (χ0n) is 10.7. The van der Waals surface area contributed by atoms with Crippen LogP contribution in [0.3, 0.4) is 0 Å². The minimum atomic E-state index is -0.258. The molecule has 0 aromatic heterocycles. The molecule has 5 heteroatoms. The molecule has 1 aromatic rings. The van der Waals surface area contributed by atoms with E-state index in [0.717, 1.165) is 5.69 Å². The lowest BCUT2D eigenvalue weighted by atomic mass is 10.3. The van der Waals surface area contributed by atoms with E-state index in [1.807, 2.05) is 30.3 Å². The van der Waals surface area contributed by atoms with Crippen molar-refractivity contribution in [3.63, 3.8) is 0 Å². The summed E-state index contributed by atoms with van der Waals surface area (Å²) in [6, 6.07) is 9.04. The molecule has 0 atom stereocenters. The molecule has 0 spiro atoms. The second-order valence-electron chi connectivity index (χ2n) is 3.90. The monoisotopic (exact) mass is 250 g/mol. The first kappa shape index (κ1) is 14.0. The summed E-state index contributed by atoms with van der Waals surface area (Å²) in [7, 11) is 3.05. The topological polar surface area (TPSA) is 58.6 Å². The predicted molar refractivity (Wildman–Crippen MR) is 69.3 cm³/mol. The van der Waals surface area contributed by atoms with Gasteiger partial charge in [-0.05, 0) is 18.6 Å². The summed E-state index contributed by atoms with van der Waals surface area (Å²) in [5.74, 6) is -0.258. The maximum absolute atomic E-state index is 11.8. The van der Waals surface area contributed by atoms with Crippen LogP contribution in [0.1, 0.15) is 12.8 Å². The van der Waals surface area contributed by atoms with Crippen LogP contribution >= 0.6 is 0 Å². The number of benzene rings is 1. The molecule has 2 amide bonds. The summed E-state index contributed by atoms with van der Waals surface area (Å²) < 4.78 is 4.53. The highest BCUT2D eigenvalue weighted by atomic mass is 16.5. The molecule has 0 aliphatic rings. The van der Waals surface area contributed by atoms with Gasteiger partial charge in [0.1, 0.15) is 0 Å². The molecule has 0 fully saturated rings. The Kier molecular flexibility index (Phi) is 5.70. The molecule has 1 rings (SSSR count). The Labute approximate surface area is 107 Å². The molecule has 1 N–H and O–H groups in total. The number of amides is 2. The average molecular weight is 250 g/mol. The molecule has 0 heterocycles. The van der Waals surface area contributed by atoms with E-state index in [1.165, 1.54) is 12.0 Å². The number of hydrogen-bond donors (Lipinski definition) is 1. The van der Waals surface area contributed by atoms with Gasteiger partial charge in [-0.25, -0.2) is 4.79 Å². The number of anilines is 1. The average Bonchev–Trinajstić information content (AvgIpc) is 2.39. The van der Waals surface area contributed by atoms with Crippen LogP contribution in [-0.4, -0.2) is 37.6 Å². The Morgan fingerprint density at radius 1 is 1.28 bits per heavy atom. The third kappa shape index (κ3) is 4.86. The molecule has 0 bridgehead atoms. The Morgan fingerprint density at radius 3 is 2.56 bits per heavy atom. The highest BCUT2D eigenvalue weighted by Crippen LogP contribution is 2.06. The molecule has 18 heavy (non-hydrogen) atoms. The smallest absolute Gasteiger partial charge is 0.321 e. The zero-order chi connectivity index (χ0) is 13.4. The lowest BCUT2D eigenvalue weighted by molar-refractivity contribution is -0.140. The van der Waals surface area contributed by atoms with E-state index in [4.69, 9.17) is 0 Å². The number of nitrogens with one attached hydrogen (secondary N) is 1. The number of ether oxygens (including phenoxy) is 1. The maximum atomic E-state index is 11.8. The van der Waals surface area contributed by atoms with Crippen LogP contribution < -0.4 is 5.32 Å². The summed E-state index contributed by atoms with van der Waals surface area (Å²) in [4.78, 5) is 24.2. The fourth-order valence-corrected chi connectivity index (χ4v) is 1.40. The van der Waals surface area contributed by atoms with E-state index in [-0.39, 0.29) is 12.0 Å². The molecule has 0 unspecified atom stereocenters. The number of urea groups is 1. The van der Waals surface area contributed by atoms with Crippen molar-refractivity contribution >= 4 is 17.7 Å². The molecule has 0 saturated heterocycles. The molecular formula is C13H18N2O3. The van der Waals surface area contributed by atoms with Gasteiger partial charge in [0.05, 0.1) is 7.11 Å². The number of rotatable bonds is 5. The van der Waals surface area contributed by atoms with Gasteiger partial charge in [0, 0.05) is 25.7 Å². The summed E-state index contributed by atoms with van der Waals surface area (Å²) in [5.41, 5.74) is 0.752. The van der Waals surface area contributed by atoms with Crippen molar-refractivity contribution in [1.29, 1.82) is 0 Å². The second-order valence-corrected chi connectivity index (χ2v) is 3.90. The van der Waals surface area contributed by atoms with Crippen molar-refractivity contribution < 1.29 is 14.3 Å². The number of para-hydroxylation sites is 1. The van der Waals surface area contributed by atoms with Crippen molar-refractivity contribution in [1.82, 2.24) is 4.90 Å². The number of carbonyl (C=O) groups is 2. The Morgan fingerprint density at radius 2 is 1.94 bits per heavy atom. The van der Waals surface area contributed by atoms with Crippen LogP contribution in [-0.2, 0) is 9.53 Å². The van der Waals surface area contributed by atoms with Crippen LogP contribution in [0.15, 0.2) is 30.3 Å². The van der Waals surface area contributed by atoms with Crippen LogP contribution in [0, 0.1) is 0 Å². The number of hydrogen-bond acceptors (Lipinski definition) is 3. The summed E-state index contributed by atoms with van der Waals surface area (Å²) in [6.45, 7) is 0.508. The SMILES string of the molecule is COC(=O)CCCN(C)C(=O)Nc1ccccc1. The van der Waals surface area contributed by atoms with Crippen molar-refractivity contribution in [2.24, 2.45) is 0 Å². The normalized spacial score (nSPS) is 9.67. The standard InChI is InChI=1S/C13H18N2O3/c1-15(10-6-9-12(16)18-2)13(17)14-11-7-4-3-5-8-11/h3-5,7-8H,6,9-10H2,1-2H3,(H,14,17). The van der Waals surface area contributed by atoms with E-state index in [1.54, 1.807) is 7.05 Å². The van der Waals surface area contributed by atoms with Crippen molar-refractivity contribution in [2.45, 2.75) is 12.8 Å². The van der Waals surface area contributed by atoms with Crippen molar-refractivity contribution in [2.75, 3.05) is 26.0 Å². The lowest BCUT2D eigenvalue weighted by Gasteiger charge is -2.17. The van der Waals surface area contributed by atoms with Gasteiger partial charge in [0.25, 0.3) is 0 Å². The molecule has 0 aliphatic heterocycles. The van der Waals surface area contributed by atoms with Gasteiger partial charge in [-0.1, -0.05) is 18.2 Å². The summed E-state index contributed by atoms with van der Waals surface area (Å²) >= 11 is 0. The minimum absolute atomic E-state index is 0.189. The minimum Gasteiger partial charge on any atom is -0.469 e. The lowest BCUT2D eigenvalue weighted by Crippen LogP contribution is -2.32. The van der Waals surface area contributed by atoms with Gasteiger partial charge < -0.3 is 15.0 Å². The first-order valence-electron chi connectivity index (χ1n) is 5.77. The molecule has 5 nitrogen and oxygen atoms in total. The highest BCUT2D eigenvalue weighted by Gasteiger charge is 2.09. The van der Waals surface area contributed by atoms with E-state index >= 15 is 0 Å². The van der Waals surface area contributed by atoms with Gasteiger partial charge in [-0.3, -0.25) is 4.79 Å². The third-order valence-corrected chi connectivity index (χ3v) is 2.47. The first-order chi connectivity index (χ1) is 8.63. The molecule has 0 radical (unpaired) electrons. The maximum Gasteiger partial charge on any atom is 0.321 e. The van der Waals surface area contributed by atoms with Crippen LogP contribution in [0.2, 0.25) is 0 Å². The van der Waals surface area contributed by atoms with E-state index in [2.05, 4.69) is 10.1 Å². The van der Waals surface area contributed by atoms with Crippen LogP contribution in [0.4, 0.5) is 10.5 Å². The number of nitrogens with zero attached hydrogens (tertiary/aromatic N) is 1. The summed E-state index contributed by atoms with van der Waals surface area (Å²) in [5, 5.41) is 2.76. The van der Waals surface area contributed by atoms with Crippen LogP contribution in [0.5, 0.6) is 0 Å². The predicted octanol–water partition coefficient (Wildman–Crippen LogP) is 2.10. The molecule has 98 valence electrons. The summed E-state index contributed by atoms with van der Waals surface area (Å²) in [6.07, 6.45) is 0.908. The highest BCUT2D eigenvalue weighted by molar-refractivity contribution is 5.89. The van der Waals surface area contributed by atoms with Crippen LogP contribution in [0.25, 0.3) is 0 Å². The molecule has 1 aromatic carbocycles. The number of methoxy groups -OCH3 is 1. The quantitative estimate of drug-likeness (QED) is 0.814. The number of carbonyl (C=O) groups excluding carboxylic acids is 2. The largest absolute Gasteiger partial charge is 0.469 e. The first-order valence-corrected chi connectivity index (χ1v) is 5.77. The van der Waals surface area contributed by atoms with E-state index in [0.29, 0.717) is 19.4 Å². The van der Waals surface area contributed by atoms with Crippen molar-refractivity contribution in [3.05, 3.63) is 30.3 Å². The van der Waals surface area contributed by atoms with Gasteiger partial charge in [-0.2, -0.15) is 0 Å². The third-order valence-electron chi connectivity index (χ3n) is 2.47. The molecule has 0 saturated carbocycles. The van der Waals surface area contributed by atoms with Crippen molar-refractivity contribution in [3.8, 4) is 0 Å². The van der Waals surface area contributed by atoms with Gasteiger partial charge in [0.2, 0.25) is 0 Å². The molecule has 0 aliphatic carbocycles. The molecular weight excluding hydrogens is 232 g/mol. The zero-order valence-corrected chi connectivity index (χ0v) is 10.7. The van der Waals surface area contributed by atoms with Gasteiger partial charge in [0.15, 0.2) is 0 Å². The number of esters is 1. The Hall–Kier alpha value is -2.04. The van der Waals surface area contributed by atoms with E-state index < -0.39 is 0 Å². The van der Waals surface area contributed by atoms with E-state index in [9.17, 15) is 9.59 Å². The van der Waals surface area contributed by atoms with Gasteiger partial charge >= 0.3 is 12.0 Å². The van der Waals surface area contributed by atoms with Gasteiger partial charge in [-0.15, -0.1) is 0 Å². The fourth-order valence-electron chi connectivity index (χ4n) is 1.40. The fraction of sp³-hybridized carbons (Fsp3) is 0.385.